The van der Waals surface area contributed by atoms with E-state index in [4.69, 9.17) is 11.6 Å². The highest BCUT2D eigenvalue weighted by Crippen LogP contribution is 2.34. The molecule has 0 aliphatic carbocycles. The van der Waals surface area contributed by atoms with Gasteiger partial charge in [0.15, 0.2) is 5.78 Å². The Morgan fingerprint density at radius 3 is 2.50 bits per heavy atom. The highest BCUT2D eigenvalue weighted by atomic mass is 35.5. The molecule has 0 unspecified atom stereocenters. The van der Waals surface area contributed by atoms with Crippen molar-refractivity contribution in [2.75, 3.05) is 10.6 Å². The number of hydrogen-bond acceptors (Lipinski definition) is 7. The maximum absolute atomic E-state index is 11.7. The third-order valence-corrected chi connectivity index (χ3v) is 4.22. The first kappa shape index (κ1) is 19.2. The fraction of sp³-hybridized carbons (Fsp3) is 0.105. The molecule has 0 spiro atoms. The summed E-state index contributed by atoms with van der Waals surface area (Å²) in [6.45, 7) is 3.29. The average Bonchev–Trinajstić information content (AvgIpc) is 2.65. The number of nitrogens with zero attached hydrogens (tertiary/aromatic N) is 3. The van der Waals surface area contributed by atoms with Crippen LogP contribution in [0.3, 0.4) is 0 Å². The van der Waals surface area contributed by atoms with Crippen LogP contribution in [0.2, 0.25) is 5.02 Å². The van der Waals surface area contributed by atoms with Crippen LogP contribution in [0.15, 0.2) is 48.8 Å². The van der Waals surface area contributed by atoms with Gasteiger partial charge in [-0.2, -0.15) is 0 Å². The van der Waals surface area contributed by atoms with Gasteiger partial charge in [0.05, 0.1) is 4.92 Å². The number of benzene rings is 2. The summed E-state index contributed by atoms with van der Waals surface area (Å²) in [6.07, 6.45) is 1.21. The second-order valence-corrected chi connectivity index (χ2v) is 6.46. The van der Waals surface area contributed by atoms with Crippen molar-refractivity contribution in [1.82, 2.24) is 9.97 Å². The SMILES string of the molecule is CC(=O)c1cccc(Nc2ncnc(Nc3cc(Cl)ccc3C)c2[N+](=O)[O-])c1. The summed E-state index contributed by atoms with van der Waals surface area (Å²) in [4.78, 5) is 30.7. The second-order valence-electron chi connectivity index (χ2n) is 6.02. The maximum atomic E-state index is 11.7. The Kier molecular flexibility index (Phi) is 5.51. The van der Waals surface area contributed by atoms with E-state index in [0.29, 0.717) is 22.0 Å². The van der Waals surface area contributed by atoms with Gasteiger partial charge in [-0.3, -0.25) is 14.9 Å². The standard InChI is InChI=1S/C19H16ClN5O3/c1-11-6-7-14(20)9-16(11)24-19-17(25(27)28)18(21-10-22-19)23-15-5-3-4-13(8-15)12(2)26/h3-10H,1-2H3,(H2,21,22,23,24). The summed E-state index contributed by atoms with van der Waals surface area (Å²) in [7, 11) is 0. The lowest BCUT2D eigenvalue weighted by Gasteiger charge is -2.12. The monoisotopic (exact) mass is 397 g/mol. The van der Waals surface area contributed by atoms with Crippen LogP contribution in [0.1, 0.15) is 22.8 Å². The lowest BCUT2D eigenvalue weighted by Crippen LogP contribution is -2.06. The van der Waals surface area contributed by atoms with Gasteiger partial charge in [-0.1, -0.05) is 29.8 Å². The summed E-state index contributed by atoms with van der Waals surface area (Å²) in [5.41, 5.74) is 2.10. The summed E-state index contributed by atoms with van der Waals surface area (Å²) < 4.78 is 0. The first-order valence-corrected chi connectivity index (χ1v) is 8.63. The second kappa shape index (κ2) is 8.01. The van der Waals surface area contributed by atoms with E-state index in [1.54, 1.807) is 42.5 Å². The van der Waals surface area contributed by atoms with Gasteiger partial charge < -0.3 is 10.6 Å². The molecule has 0 fully saturated rings. The van der Waals surface area contributed by atoms with E-state index < -0.39 is 4.92 Å². The van der Waals surface area contributed by atoms with Crippen LogP contribution in [0.25, 0.3) is 0 Å². The van der Waals surface area contributed by atoms with E-state index >= 15 is 0 Å². The molecule has 0 aliphatic rings. The highest BCUT2D eigenvalue weighted by Gasteiger charge is 2.24. The lowest BCUT2D eigenvalue weighted by molar-refractivity contribution is -0.383. The number of anilines is 4. The van der Waals surface area contributed by atoms with Crippen molar-refractivity contribution >= 4 is 46.1 Å². The smallest absolute Gasteiger partial charge is 0.334 e. The minimum absolute atomic E-state index is 0.00267. The first-order chi connectivity index (χ1) is 13.3. The molecule has 1 aromatic heterocycles. The molecule has 3 rings (SSSR count). The van der Waals surface area contributed by atoms with E-state index in [9.17, 15) is 14.9 Å². The molecule has 8 nitrogen and oxygen atoms in total. The Labute approximate surface area is 165 Å². The van der Waals surface area contributed by atoms with Crippen molar-refractivity contribution in [3.63, 3.8) is 0 Å². The van der Waals surface area contributed by atoms with Crippen LogP contribution >= 0.6 is 11.6 Å². The number of rotatable bonds is 6. The van der Waals surface area contributed by atoms with Crippen molar-refractivity contribution in [3.05, 3.63) is 75.1 Å². The Hall–Kier alpha value is -3.52. The predicted octanol–water partition coefficient (Wildman–Crippen LogP) is 5.04. The quantitative estimate of drug-likeness (QED) is 0.340. The summed E-state index contributed by atoms with van der Waals surface area (Å²) in [5.74, 6) is -0.0851. The molecule has 0 atom stereocenters. The van der Waals surface area contributed by atoms with E-state index in [-0.39, 0.29) is 23.1 Å². The first-order valence-electron chi connectivity index (χ1n) is 8.25. The number of Topliss-reactive ketones (excluding diaryl/α,β-unsaturated/α-hetero) is 1. The number of ketones is 1. The molecule has 0 amide bonds. The van der Waals surface area contributed by atoms with Gasteiger partial charge in [0.25, 0.3) is 0 Å². The number of carbonyl (C=O) groups excluding carboxylic acids is 1. The third-order valence-electron chi connectivity index (χ3n) is 3.99. The molecule has 0 aliphatic heterocycles. The molecule has 3 aromatic rings. The fourth-order valence-corrected chi connectivity index (χ4v) is 2.72. The van der Waals surface area contributed by atoms with E-state index in [1.165, 1.54) is 13.3 Å². The molecular formula is C19H16ClN5O3. The number of hydrogen-bond donors (Lipinski definition) is 2. The van der Waals surface area contributed by atoms with Gasteiger partial charge in [0.1, 0.15) is 6.33 Å². The lowest BCUT2D eigenvalue weighted by atomic mass is 10.1. The normalized spacial score (nSPS) is 10.4. The number of aromatic nitrogens is 2. The highest BCUT2D eigenvalue weighted by molar-refractivity contribution is 6.30. The number of nitrogens with one attached hydrogen (secondary N) is 2. The summed E-state index contributed by atoms with van der Waals surface area (Å²) in [6, 6.07) is 11.8. The molecule has 0 saturated carbocycles. The van der Waals surface area contributed by atoms with Crippen molar-refractivity contribution in [2.45, 2.75) is 13.8 Å². The zero-order valence-corrected chi connectivity index (χ0v) is 15.8. The molecule has 2 aromatic carbocycles. The molecular weight excluding hydrogens is 382 g/mol. The molecule has 2 N–H and O–H groups in total. The Morgan fingerprint density at radius 1 is 1.11 bits per heavy atom. The van der Waals surface area contributed by atoms with Gasteiger partial charge in [0.2, 0.25) is 11.6 Å². The van der Waals surface area contributed by atoms with E-state index in [2.05, 4.69) is 20.6 Å². The zero-order chi connectivity index (χ0) is 20.3. The Bertz CT molecular complexity index is 1070. The largest absolute Gasteiger partial charge is 0.353 e. The molecule has 1 heterocycles. The topological polar surface area (TPSA) is 110 Å². The number of aryl methyl sites for hydroxylation is 1. The minimum atomic E-state index is -0.570. The minimum Gasteiger partial charge on any atom is -0.334 e. The molecule has 9 heteroatoms. The average molecular weight is 398 g/mol. The van der Waals surface area contributed by atoms with Crippen LogP contribution in [0, 0.1) is 17.0 Å². The molecule has 0 bridgehead atoms. The molecule has 0 saturated heterocycles. The van der Waals surface area contributed by atoms with Gasteiger partial charge in [-0.15, -0.1) is 0 Å². The van der Waals surface area contributed by atoms with E-state index in [0.717, 1.165) is 5.56 Å². The van der Waals surface area contributed by atoms with Crippen LogP contribution in [-0.2, 0) is 0 Å². The summed E-state index contributed by atoms with van der Waals surface area (Å²) >= 11 is 6.02. The van der Waals surface area contributed by atoms with Crippen LogP contribution in [0.5, 0.6) is 0 Å². The van der Waals surface area contributed by atoms with Crippen LogP contribution in [-0.4, -0.2) is 20.7 Å². The van der Waals surface area contributed by atoms with Gasteiger partial charge in [0, 0.05) is 22.0 Å². The third kappa shape index (κ3) is 4.24. The van der Waals surface area contributed by atoms with Crippen molar-refractivity contribution < 1.29 is 9.72 Å². The fourth-order valence-electron chi connectivity index (χ4n) is 2.54. The zero-order valence-electron chi connectivity index (χ0n) is 15.1. The van der Waals surface area contributed by atoms with Crippen LogP contribution < -0.4 is 10.6 Å². The Balaban J connectivity index is 2.00. The molecule has 0 radical (unpaired) electrons. The molecule has 142 valence electrons. The van der Waals surface area contributed by atoms with Crippen molar-refractivity contribution in [3.8, 4) is 0 Å². The molecule has 28 heavy (non-hydrogen) atoms. The van der Waals surface area contributed by atoms with Crippen molar-refractivity contribution in [1.29, 1.82) is 0 Å². The summed E-state index contributed by atoms with van der Waals surface area (Å²) in [5, 5.41) is 18.0. The van der Waals surface area contributed by atoms with Crippen LogP contribution in [0.4, 0.5) is 28.7 Å². The predicted molar refractivity (Wildman–Crippen MR) is 108 cm³/mol. The van der Waals surface area contributed by atoms with E-state index in [1.807, 2.05) is 6.92 Å². The number of nitro groups is 1. The van der Waals surface area contributed by atoms with Gasteiger partial charge >= 0.3 is 5.69 Å². The maximum Gasteiger partial charge on any atom is 0.353 e. The van der Waals surface area contributed by atoms with Gasteiger partial charge in [-0.25, -0.2) is 9.97 Å². The van der Waals surface area contributed by atoms with Gasteiger partial charge in [-0.05, 0) is 43.7 Å². The Morgan fingerprint density at radius 2 is 1.82 bits per heavy atom. The number of carbonyl (C=O) groups is 1. The number of halogens is 1. The van der Waals surface area contributed by atoms with Crippen molar-refractivity contribution in [2.24, 2.45) is 0 Å².